The van der Waals surface area contributed by atoms with Crippen molar-refractivity contribution in [3.8, 4) is 11.1 Å². The molecule has 1 aliphatic carbocycles. The minimum atomic E-state index is -0.0577. The third-order valence-corrected chi connectivity index (χ3v) is 6.36. The van der Waals surface area contributed by atoms with E-state index < -0.39 is 0 Å². The fourth-order valence-corrected chi connectivity index (χ4v) is 4.69. The topological polar surface area (TPSA) is 66.4 Å². The smallest absolute Gasteiger partial charge is 0.254 e. The van der Waals surface area contributed by atoms with E-state index in [0.717, 1.165) is 58.6 Å². The first-order valence-corrected chi connectivity index (χ1v) is 11.2. The van der Waals surface area contributed by atoms with Crippen LogP contribution in [0.2, 0.25) is 0 Å². The number of hydrogen-bond acceptors (Lipinski definition) is 4. The summed E-state index contributed by atoms with van der Waals surface area (Å²) in [5.74, 6) is 0.132. The highest BCUT2D eigenvalue weighted by atomic mass is 16.2. The maximum Gasteiger partial charge on any atom is 0.254 e. The molecule has 6 heteroatoms. The zero-order valence-electron chi connectivity index (χ0n) is 19.1. The van der Waals surface area contributed by atoms with Crippen molar-refractivity contribution in [1.29, 1.82) is 0 Å². The lowest BCUT2D eigenvalue weighted by Crippen LogP contribution is -2.23. The molecule has 33 heavy (non-hydrogen) atoms. The van der Waals surface area contributed by atoms with Gasteiger partial charge in [-0.25, -0.2) is 0 Å². The maximum absolute atomic E-state index is 12.5. The molecule has 1 aliphatic heterocycles. The Morgan fingerprint density at radius 3 is 2.45 bits per heavy atom. The quantitative estimate of drug-likeness (QED) is 0.607. The highest BCUT2D eigenvalue weighted by Crippen LogP contribution is 2.38. The Labute approximate surface area is 193 Å². The Morgan fingerprint density at radius 1 is 1.00 bits per heavy atom. The molecule has 2 aliphatic rings. The second kappa shape index (κ2) is 8.28. The monoisotopic (exact) mass is 438 g/mol. The van der Waals surface area contributed by atoms with Gasteiger partial charge in [-0.2, -0.15) is 0 Å². The van der Waals surface area contributed by atoms with E-state index >= 15 is 0 Å². The van der Waals surface area contributed by atoms with E-state index in [-0.39, 0.29) is 11.8 Å². The van der Waals surface area contributed by atoms with Gasteiger partial charge >= 0.3 is 0 Å². The molecule has 0 bridgehead atoms. The zero-order chi connectivity index (χ0) is 23.1. The molecule has 0 atom stereocenters. The lowest BCUT2D eigenvalue weighted by molar-refractivity contribution is -0.117. The van der Waals surface area contributed by atoms with Crippen LogP contribution in [0.25, 0.3) is 16.7 Å². The fourth-order valence-electron chi connectivity index (χ4n) is 4.69. The Balaban J connectivity index is 1.48. The molecule has 0 spiro atoms. The molecular weight excluding hydrogens is 412 g/mol. The first kappa shape index (κ1) is 21.1. The summed E-state index contributed by atoms with van der Waals surface area (Å²) < 4.78 is 0. The van der Waals surface area contributed by atoms with Crippen LogP contribution in [0, 0.1) is 0 Å². The average Bonchev–Trinajstić information content (AvgIpc) is 3.40. The summed E-state index contributed by atoms with van der Waals surface area (Å²) >= 11 is 0. The maximum atomic E-state index is 12.5. The number of benzene rings is 1. The van der Waals surface area contributed by atoms with Gasteiger partial charge in [0.25, 0.3) is 5.91 Å². The third kappa shape index (κ3) is 3.82. The first-order chi connectivity index (χ1) is 15.9. The van der Waals surface area contributed by atoms with Crippen LogP contribution in [0.1, 0.15) is 46.9 Å². The van der Waals surface area contributed by atoms with E-state index in [1.165, 1.54) is 5.57 Å². The summed E-state index contributed by atoms with van der Waals surface area (Å²) in [5, 5.41) is 0. The van der Waals surface area contributed by atoms with Crippen molar-refractivity contribution in [2.24, 2.45) is 0 Å². The molecule has 1 saturated heterocycles. The van der Waals surface area contributed by atoms with Crippen LogP contribution in [0.15, 0.2) is 60.6 Å². The molecule has 6 nitrogen and oxygen atoms in total. The summed E-state index contributed by atoms with van der Waals surface area (Å²) in [7, 11) is 3.49. The molecule has 0 N–H and O–H groups in total. The standard InChI is InChI=1S/C27H26N4O2/c1-17-11-24-23(13-21(16-29-24)27(33)30(2)3)26(17)20-12-19(14-28-15-20)18-6-8-22(9-7-18)31-10-4-5-25(31)32/h6-9,12-16H,4-5,10-11H2,1-3H3. The molecule has 2 amide bonds. The van der Waals surface area contributed by atoms with Crippen LogP contribution in [0.3, 0.4) is 0 Å². The highest BCUT2D eigenvalue weighted by molar-refractivity contribution is 5.97. The van der Waals surface area contributed by atoms with Gasteiger partial charge in [0.2, 0.25) is 5.91 Å². The van der Waals surface area contributed by atoms with Crippen molar-refractivity contribution < 1.29 is 9.59 Å². The van der Waals surface area contributed by atoms with Crippen molar-refractivity contribution in [2.45, 2.75) is 26.2 Å². The molecule has 0 saturated carbocycles. The lowest BCUT2D eigenvalue weighted by Gasteiger charge is -2.16. The van der Waals surface area contributed by atoms with Crippen LogP contribution in [0.5, 0.6) is 0 Å². The summed E-state index contributed by atoms with van der Waals surface area (Å²) in [4.78, 5) is 37.0. The van der Waals surface area contributed by atoms with E-state index in [0.29, 0.717) is 12.0 Å². The van der Waals surface area contributed by atoms with Crippen molar-refractivity contribution in [1.82, 2.24) is 14.9 Å². The lowest BCUT2D eigenvalue weighted by atomic mass is 9.96. The number of pyridine rings is 2. The van der Waals surface area contributed by atoms with Crippen LogP contribution >= 0.6 is 0 Å². The molecular formula is C27H26N4O2. The fraction of sp³-hybridized carbons (Fsp3) is 0.259. The van der Waals surface area contributed by atoms with E-state index in [9.17, 15) is 9.59 Å². The molecule has 3 aromatic rings. The van der Waals surface area contributed by atoms with Crippen LogP contribution in [-0.4, -0.2) is 47.3 Å². The number of aromatic nitrogens is 2. The number of rotatable bonds is 4. The summed E-state index contributed by atoms with van der Waals surface area (Å²) in [6.45, 7) is 2.90. The number of carbonyl (C=O) groups is 2. The highest BCUT2D eigenvalue weighted by Gasteiger charge is 2.24. The predicted octanol–water partition coefficient (Wildman–Crippen LogP) is 4.35. The number of anilines is 1. The van der Waals surface area contributed by atoms with Gasteiger partial charge in [0.05, 0.1) is 11.3 Å². The molecule has 5 rings (SSSR count). The second-order valence-corrected chi connectivity index (χ2v) is 8.91. The first-order valence-electron chi connectivity index (χ1n) is 11.2. The van der Waals surface area contributed by atoms with Gasteiger partial charge in [-0.1, -0.05) is 17.7 Å². The van der Waals surface area contributed by atoms with Gasteiger partial charge in [0, 0.05) is 74.5 Å². The van der Waals surface area contributed by atoms with E-state index in [1.807, 2.05) is 47.6 Å². The number of hydrogen-bond donors (Lipinski definition) is 0. The second-order valence-electron chi connectivity index (χ2n) is 8.91. The molecule has 1 aromatic carbocycles. The SMILES string of the molecule is CC1=C(c2cncc(-c3ccc(N4CCCC4=O)cc3)c2)c2cc(C(=O)N(C)C)cnc2C1. The summed E-state index contributed by atoms with van der Waals surface area (Å²) in [5.41, 5.74) is 8.90. The minimum absolute atomic E-state index is 0.0577. The van der Waals surface area contributed by atoms with Crippen LogP contribution in [0.4, 0.5) is 5.69 Å². The van der Waals surface area contributed by atoms with Gasteiger partial charge in [-0.3, -0.25) is 19.6 Å². The van der Waals surface area contributed by atoms with Gasteiger partial charge in [0.1, 0.15) is 0 Å². The largest absolute Gasteiger partial charge is 0.345 e. The number of amides is 2. The number of allylic oxidation sites excluding steroid dienone is 1. The molecule has 3 heterocycles. The number of fused-ring (bicyclic) bond motifs is 1. The summed E-state index contributed by atoms with van der Waals surface area (Å²) in [6.07, 6.45) is 7.70. The Bertz CT molecular complexity index is 1290. The zero-order valence-corrected chi connectivity index (χ0v) is 19.1. The van der Waals surface area contributed by atoms with Gasteiger partial charge in [-0.15, -0.1) is 0 Å². The van der Waals surface area contributed by atoms with Gasteiger partial charge in [0.15, 0.2) is 0 Å². The summed E-state index contributed by atoms with van der Waals surface area (Å²) in [6, 6.07) is 12.2. The van der Waals surface area contributed by atoms with E-state index in [1.54, 1.807) is 25.2 Å². The Hall–Kier alpha value is -3.80. The minimum Gasteiger partial charge on any atom is -0.345 e. The van der Waals surface area contributed by atoms with Crippen molar-refractivity contribution in [2.75, 3.05) is 25.5 Å². The van der Waals surface area contributed by atoms with Crippen molar-refractivity contribution >= 4 is 23.1 Å². The molecule has 2 aromatic heterocycles. The predicted molar refractivity (Wildman–Crippen MR) is 129 cm³/mol. The normalized spacial score (nSPS) is 15.2. The van der Waals surface area contributed by atoms with Crippen LogP contribution < -0.4 is 4.90 Å². The van der Waals surface area contributed by atoms with E-state index in [2.05, 4.69) is 23.0 Å². The van der Waals surface area contributed by atoms with Gasteiger partial charge < -0.3 is 9.80 Å². The Kier molecular flexibility index (Phi) is 5.29. The molecule has 1 fully saturated rings. The van der Waals surface area contributed by atoms with Gasteiger partial charge in [-0.05, 0) is 48.7 Å². The van der Waals surface area contributed by atoms with E-state index in [4.69, 9.17) is 0 Å². The number of nitrogens with zero attached hydrogens (tertiary/aromatic N) is 4. The Morgan fingerprint density at radius 2 is 1.76 bits per heavy atom. The number of carbonyl (C=O) groups excluding carboxylic acids is 2. The van der Waals surface area contributed by atoms with Crippen LogP contribution in [-0.2, 0) is 11.2 Å². The van der Waals surface area contributed by atoms with Crippen molar-refractivity contribution in [3.05, 3.63) is 82.9 Å². The van der Waals surface area contributed by atoms with Crippen molar-refractivity contribution in [3.63, 3.8) is 0 Å². The molecule has 0 unspecified atom stereocenters. The average molecular weight is 439 g/mol. The molecule has 0 radical (unpaired) electrons. The third-order valence-electron chi connectivity index (χ3n) is 6.36. The molecule has 166 valence electrons.